The lowest BCUT2D eigenvalue weighted by atomic mass is 10.3. The van der Waals surface area contributed by atoms with Crippen molar-refractivity contribution in [3.05, 3.63) is 47.8 Å². The van der Waals surface area contributed by atoms with Crippen molar-refractivity contribution >= 4 is 23.4 Å². The SMILES string of the molecule is CCN(C(=O)Nc1cc(C)[nH]c1C(=O)O)c1ccccc1. The van der Waals surface area contributed by atoms with Crippen molar-refractivity contribution in [2.24, 2.45) is 0 Å². The first-order chi connectivity index (χ1) is 10.0. The van der Waals surface area contributed by atoms with E-state index in [-0.39, 0.29) is 17.4 Å². The van der Waals surface area contributed by atoms with Gasteiger partial charge in [0.05, 0.1) is 5.69 Å². The standard InChI is InChI=1S/C15H17N3O3/c1-3-18(11-7-5-4-6-8-11)15(21)17-12-9-10(2)16-13(12)14(19)20/h4-9,16H,3H2,1-2H3,(H,17,21)(H,19,20). The second-order valence-corrected chi connectivity index (χ2v) is 4.56. The molecule has 0 bridgehead atoms. The van der Waals surface area contributed by atoms with Crippen LogP contribution in [-0.4, -0.2) is 28.6 Å². The molecule has 110 valence electrons. The first-order valence-electron chi connectivity index (χ1n) is 6.59. The van der Waals surface area contributed by atoms with Gasteiger partial charge in [-0.2, -0.15) is 0 Å². The van der Waals surface area contributed by atoms with E-state index in [2.05, 4.69) is 10.3 Å². The van der Waals surface area contributed by atoms with Gasteiger partial charge in [0.1, 0.15) is 5.69 Å². The first-order valence-corrected chi connectivity index (χ1v) is 6.59. The van der Waals surface area contributed by atoms with Gasteiger partial charge < -0.3 is 15.4 Å². The van der Waals surface area contributed by atoms with E-state index >= 15 is 0 Å². The molecule has 0 atom stereocenters. The summed E-state index contributed by atoms with van der Waals surface area (Å²) in [4.78, 5) is 27.7. The van der Waals surface area contributed by atoms with E-state index in [0.29, 0.717) is 12.2 Å². The van der Waals surface area contributed by atoms with E-state index in [4.69, 9.17) is 5.11 Å². The summed E-state index contributed by atoms with van der Waals surface area (Å²) in [7, 11) is 0. The molecule has 1 aromatic carbocycles. The zero-order chi connectivity index (χ0) is 15.4. The van der Waals surface area contributed by atoms with E-state index in [1.54, 1.807) is 13.0 Å². The van der Waals surface area contributed by atoms with E-state index in [0.717, 1.165) is 5.69 Å². The second-order valence-electron chi connectivity index (χ2n) is 4.56. The highest BCUT2D eigenvalue weighted by Crippen LogP contribution is 2.19. The Hall–Kier alpha value is -2.76. The highest BCUT2D eigenvalue weighted by Gasteiger charge is 2.19. The minimum atomic E-state index is -1.11. The maximum atomic E-state index is 12.3. The maximum absolute atomic E-state index is 12.3. The number of amides is 2. The van der Waals surface area contributed by atoms with E-state index in [9.17, 15) is 9.59 Å². The molecule has 1 heterocycles. The number of H-pyrrole nitrogens is 1. The average Bonchev–Trinajstić information content (AvgIpc) is 2.82. The smallest absolute Gasteiger partial charge is 0.354 e. The fourth-order valence-electron chi connectivity index (χ4n) is 2.09. The Morgan fingerprint density at radius 1 is 1.29 bits per heavy atom. The lowest BCUT2D eigenvalue weighted by molar-refractivity contribution is 0.0692. The molecule has 0 radical (unpaired) electrons. The molecule has 0 spiro atoms. The average molecular weight is 287 g/mol. The summed E-state index contributed by atoms with van der Waals surface area (Å²) >= 11 is 0. The Morgan fingerprint density at radius 3 is 2.52 bits per heavy atom. The van der Waals surface area contributed by atoms with Crippen molar-refractivity contribution in [2.45, 2.75) is 13.8 Å². The van der Waals surface area contributed by atoms with Crippen LogP contribution in [0.4, 0.5) is 16.2 Å². The van der Waals surface area contributed by atoms with Crippen molar-refractivity contribution < 1.29 is 14.7 Å². The number of para-hydroxylation sites is 1. The lowest BCUT2D eigenvalue weighted by Crippen LogP contribution is -2.35. The maximum Gasteiger partial charge on any atom is 0.354 e. The number of aromatic amines is 1. The molecule has 21 heavy (non-hydrogen) atoms. The number of aromatic nitrogens is 1. The third-order valence-corrected chi connectivity index (χ3v) is 3.04. The van der Waals surface area contributed by atoms with Crippen molar-refractivity contribution in [1.82, 2.24) is 4.98 Å². The van der Waals surface area contributed by atoms with Gasteiger partial charge in [0.25, 0.3) is 0 Å². The molecule has 6 nitrogen and oxygen atoms in total. The minimum absolute atomic E-state index is 0.0232. The van der Waals surface area contributed by atoms with Crippen LogP contribution in [0.15, 0.2) is 36.4 Å². The molecule has 0 unspecified atom stereocenters. The Bertz CT molecular complexity index is 649. The fourth-order valence-corrected chi connectivity index (χ4v) is 2.09. The Balaban J connectivity index is 2.23. The number of hydrogen-bond acceptors (Lipinski definition) is 2. The van der Waals surface area contributed by atoms with Crippen molar-refractivity contribution in [3.8, 4) is 0 Å². The number of nitrogens with one attached hydrogen (secondary N) is 2. The number of urea groups is 1. The number of carboxylic acid groups (broad SMARTS) is 1. The van der Waals surface area contributed by atoms with Crippen LogP contribution in [0.5, 0.6) is 0 Å². The van der Waals surface area contributed by atoms with Crippen LogP contribution in [0, 0.1) is 6.92 Å². The Morgan fingerprint density at radius 2 is 1.95 bits per heavy atom. The van der Waals surface area contributed by atoms with Crippen LogP contribution in [0.2, 0.25) is 0 Å². The zero-order valence-corrected chi connectivity index (χ0v) is 11.9. The van der Waals surface area contributed by atoms with Crippen LogP contribution in [-0.2, 0) is 0 Å². The molecule has 0 fully saturated rings. The summed E-state index contributed by atoms with van der Waals surface area (Å²) in [6, 6.07) is 10.4. The number of carbonyl (C=O) groups excluding carboxylic acids is 1. The summed E-state index contributed by atoms with van der Waals surface area (Å²) in [5.74, 6) is -1.11. The summed E-state index contributed by atoms with van der Waals surface area (Å²) in [6.45, 7) is 4.06. The fraction of sp³-hybridized carbons (Fsp3) is 0.200. The monoisotopic (exact) mass is 287 g/mol. The van der Waals surface area contributed by atoms with E-state index in [1.807, 2.05) is 37.3 Å². The van der Waals surface area contributed by atoms with Crippen LogP contribution in [0.1, 0.15) is 23.1 Å². The first kappa shape index (κ1) is 14.6. The number of nitrogens with zero attached hydrogens (tertiary/aromatic N) is 1. The van der Waals surface area contributed by atoms with Gasteiger partial charge in [0, 0.05) is 17.9 Å². The third kappa shape index (κ3) is 3.22. The van der Waals surface area contributed by atoms with Crippen molar-refractivity contribution in [3.63, 3.8) is 0 Å². The van der Waals surface area contributed by atoms with Gasteiger partial charge in [-0.05, 0) is 32.0 Å². The largest absolute Gasteiger partial charge is 0.477 e. The molecule has 0 aliphatic heterocycles. The molecule has 0 aliphatic carbocycles. The lowest BCUT2D eigenvalue weighted by Gasteiger charge is -2.21. The number of carbonyl (C=O) groups is 2. The van der Waals surface area contributed by atoms with Crippen molar-refractivity contribution in [2.75, 3.05) is 16.8 Å². The quantitative estimate of drug-likeness (QED) is 0.807. The summed E-state index contributed by atoms with van der Waals surface area (Å²) in [5, 5.41) is 11.7. The number of benzene rings is 1. The Labute approximate surface area is 122 Å². The van der Waals surface area contributed by atoms with E-state index in [1.165, 1.54) is 4.90 Å². The van der Waals surface area contributed by atoms with Crippen LogP contribution in [0.25, 0.3) is 0 Å². The summed E-state index contributed by atoms with van der Waals surface area (Å²) < 4.78 is 0. The number of hydrogen-bond donors (Lipinski definition) is 3. The van der Waals surface area contributed by atoms with Gasteiger partial charge in [-0.15, -0.1) is 0 Å². The van der Waals surface area contributed by atoms with Crippen LogP contribution < -0.4 is 10.2 Å². The number of carboxylic acids is 1. The van der Waals surface area contributed by atoms with Gasteiger partial charge in [0.15, 0.2) is 0 Å². The number of aryl methyl sites for hydroxylation is 1. The van der Waals surface area contributed by atoms with Crippen molar-refractivity contribution in [1.29, 1.82) is 0 Å². The molecule has 6 heteroatoms. The normalized spacial score (nSPS) is 10.2. The van der Waals surface area contributed by atoms with Gasteiger partial charge in [-0.1, -0.05) is 18.2 Å². The number of aromatic carboxylic acids is 1. The molecule has 0 aliphatic rings. The number of anilines is 2. The van der Waals surface area contributed by atoms with Gasteiger partial charge in [0.2, 0.25) is 0 Å². The van der Waals surface area contributed by atoms with Crippen LogP contribution >= 0.6 is 0 Å². The highest BCUT2D eigenvalue weighted by molar-refractivity contribution is 6.05. The molecule has 2 aromatic rings. The molecular formula is C15H17N3O3. The van der Waals surface area contributed by atoms with Gasteiger partial charge >= 0.3 is 12.0 Å². The van der Waals surface area contributed by atoms with Gasteiger partial charge in [-0.3, -0.25) is 4.90 Å². The molecule has 3 N–H and O–H groups in total. The topological polar surface area (TPSA) is 85.4 Å². The van der Waals surface area contributed by atoms with Crippen LogP contribution in [0.3, 0.4) is 0 Å². The zero-order valence-electron chi connectivity index (χ0n) is 11.9. The third-order valence-electron chi connectivity index (χ3n) is 3.04. The molecule has 0 saturated carbocycles. The molecular weight excluding hydrogens is 270 g/mol. The molecule has 0 saturated heterocycles. The summed E-state index contributed by atoms with van der Waals surface area (Å²) in [6.07, 6.45) is 0. The second kappa shape index (κ2) is 6.13. The minimum Gasteiger partial charge on any atom is -0.477 e. The molecule has 2 amide bonds. The highest BCUT2D eigenvalue weighted by atomic mass is 16.4. The molecule has 1 aromatic heterocycles. The predicted octanol–water partition coefficient (Wildman–Crippen LogP) is 3.08. The predicted molar refractivity (Wildman–Crippen MR) is 81.0 cm³/mol. The summed E-state index contributed by atoms with van der Waals surface area (Å²) in [5.41, 5.74) is 1.66. The number of rotatable bonds is 4. The van der Waals surface area contributed by atoms with Gasteiger partial charge in [-0.25, -0.2) is 9.59 Å². The molecule has 2 rings (SSSR count). The Kier molecular flexibility index (Phi) is 4.27. The van der Waals surface area contributed by atoms with E-state index < -0.39 is 5.97 Å².